The summed E-state index contributed by atoms with van der Waals surface area (Å²) in [5.74, 6) is -2.57. The lowest BCUT2D eigenvalue weighted by atomic mass is 10.2. The number of ether oxygens (including phenoxy) is 2. The number of hydrogen-bond donors (Lipinski definition) is 2. The molecule has 0 unspecified atom stereocenters. The Bertz CT molecular complexity index is 462. The summed E-state index contributed by atoms with van der Waals surface area (Å²) in [4.78, 5) is 13.9. The molecule has 0 atom stereocenters. The summed E-state index contributed by atoms with van der Waals surface area (Å²) in [5, 5.41) is 8.71. The maximum absolute atomic E-state index is 12.1. The van der Waals surface area contributed by atoms with Crippen LogP contribution in [0.2, 0.25) is 0 Å². The van der Waals surface area contributed by atoms with Gasteiger partial charge in [0, 0.05) is 12.6 Å². The second-order valence-electron chi connectivity index (χ2n) is 3.05. The quantitative estimate of drug-likeness (QED) is 0.848. The first-order valence-corrected chi connectivity index (χ1v) is 4.55. The highest BCUT2D eigenvalue weighted by molar-refractivity contribution is 5.86. The number of nitrogens with two attached hydrogens (primary N) is 1. The van der Waals surface area contributed by atoms with Gasteiger partial charge in [-0.15, -0.1) is 13.2 Å². The normalized spacial score (nSPS) is 11.2. The predicted molar refractivity (Wildman–Crippen MR) is 52.3 cm³/mol. The summed E-state index contributed by atoms with van der Waals surface area (Å²) in [6.45, 7) is -0.346. The van der Waals surface area contributed by atoms with E-state index in [1.54, 1.807) is 0 Å². The largest absolute Gasteiger partial charge is 0.574 e. The van der Waals surface area contributed by atoms with Gasteiger partial charge in [-0.3, -0.25) is 0 Å². The average molecular weight is 266 g/mol. The molecule has 1 aromatic heterocycles. The molecule has 1 heterocycles. The predicted octanol–water partition coefficient (Wildman–Crippen LogP) is 1.15. The molecule has 1 rings (SSSR count). The molecule has 0 aliphatic heterocycles. The fraction of sp³-hybridized carbons (Fsp3) is 0.333. The Morgan fingerprint density at radius 1 is 1.56 bits per heavy atom. The van der Waals surface area contributed by atoms with Crippen LogP contribution in [-0.2, 0) is 6.54 Å². The molecular formula is C9H9F3N2O4. The molecule has 1 aromatic rings. The van der Waals surface area contributed by atoms with Gasteiger partial charge in [-0.25, -0.2) is 9.78 Å². The zero-order chi connectivity index (χ0) is 13.9. The zero-order valence-electron chi connectivity index (χ0n) is 9.11. The smallest absolute Gasteiger partial charge is 0.496 e. The lowest BCUT2D eigenvalue weighted by Crippen LogP contribution is -2.21. The molecule has 100 valence electrons. The molecule has 0 radical (unpaired) electrons. The number of pyridine rings is 1. The van der Waals surface area contributed by atoms with Crippen molar-refractivity contribution in [2.45, 2.75) is 12.9 Å². The molecule has 0 saturated heterocycles. The van der Waals surface area contributed by atoms with E-state index in [1.165, 1.54) is 0 Å². The number of halogens is 3. The molecule has 18 heavy (non-hydrogen) atoms. The van der Waals surface area contributed by atoms with Crippen LogP contribution >= 0.6 is 0 Å². The highest BCUT2D eigenvalue weighted by Gasteiger charge is 2.34. The van der Waals surface area contributed by atoms with E-state index in [0.29, 0.717) is 0 Å². The van der Waals surface area contributed by atoms with Gasteiger partial charge in [0.2, 0.25) is 5.88 Å². The first-order valence-electron chi connectivity index (χ1n) is 4.55. The molecule has 0 bridgehead atoms. The first kappa shape index (κ1) is 14.0. The molecule has 0 fully saturated rings. The lowest BCUT2D eigenvalue weighted by Gasteiger charge is -2.14. The van der Waals surface area contributed by atoms with E-state index in [0.717, 1.165) is 13.2 Å². The number of aromatic nitrogens is 1. The number of carboxylic acids is 1. The number of methoxy groups -OCH3 is 1. The number of nitrogens with zero attached hydrogens (tertiary/aromatic N) is 1. The lowest BCUT2D eigenvalue weighted by molar-refractivity contribution is -0.276. The average Bonchev–Trinajstić information content (AvgIpc) is 2.25. The van der Waals surface area contributed by atoms with Crippen LogP contribution < -0.4 is 15.2 Å². The van der Waals surface area contributed by atoms with Crippen molar-refractivity contribution in [3.8, 4) is 11.6 Å². The van der Waals surface area contributed by atoms with Gasteiger partial charge in [-0.05, 0) is 0 Å². The van der Waals surface area contributed by atoms with Crippen LogP contribution in [0, 0.1) is 0 Å². The van der Waals surface area contributed by atoms with Crippen LogP contribution in [0.25, 0.3) is 0 Å². The van der Waals surface area contributed by atoms with Crippen molar-refractivity contribution in [3.63, 3.8) is 0 Å². The van der Waals surface area contributed by atoms with E-state index in [-0.39, 0.29) is 17.9 Å². The van der Waals surface area contributed by atoms with Crippen LogP contribution in [0.4, 0.5) is 13.2 Å². The first-order chi connectivity index (χ1) is 8.28. The minimum absolute atomic E-state index is 0.135. The molecular weight excluding hydrogens is 257 g/mol. The maximum atomic E-state index is 12.1. The second kappa shape index (κ2) is 5.08. The summed E-state index contributed by atoms with van der Waals surface area (Å²) in [5.41, 5.74) is 4.45. The summed E-state index contributed by atoms with van der Waals surface area (Å²) < 4.78 is 44.8. The third kappa shape index (κ3) is 3.23. The summed E-state index contributed by atoms with van der Waals surface area (Å²) >= 11 is 0. The molecule has 0 aliphatic carbocycles. The van der Waals surface area contributed by atoms with Crippen molar-refractivity contribution in [1.29, 1.82) is 0 Å². The maximum Gasteiger partial charge on any atom is 0.574 e. The van der Waals surface area contributed by atoms with Crippen molar-refractivity contribution in [2.24, 2.45) is 5.73 Å². The summed E-state index contributed by atoms with van der Waals surface area (Å²) in [6.07, 6.45) is -5.00. The fourth-order valence-corrected chi connectivity index (χ4v) is 1.20. The van der Waals surface area contributed by atoms with Crippen LogP contribution in [0.1, 0.15) is 16.1 Å². The van der Waals surface area contributed by atoms with Crippen molar-refractivity contribution in [3.05, 3.63) is 17.3 Å². The third-order valence-corrected chi connectivity index (χ3v) is 1.90. The van der Waals surface area contributed by atoms with Crippen molar-refractivity contribution in [2.75, 3.05) is 7.11 Å². The molecule has 0 aliphatic rings. The Morgan fingerprint density at radius 3 is 2.56 bits per heavy atom. The molecule has 9 heteroatoms. The van der Waals surface area contributed by atoms with E-state index in [9.17, 15) is 18.0 Å². The number of hydrogen-bond acceptors (Lipinski definition) is 5. The van der Waals surface area contributed by atoms with E-state index in [1.807, 2.05) is 0 Å². The number of rotatable bonds is 4. The van der Waals surface area contributed by atoms with Gasteiger partial charge in [-0.1, -0.05) is 0 Å². The van der Waals surface area contributed by atoms with Crippen LogP contribution in [-0.4, -0.2) is 29.5 Å². The second-order valence-corrected chi connectivity index (χ2v) is 3.05. The number of alkyl halides is 3. The van der Waals surface area contributed by atoms with Gasteiger partial charge < -0.3 is 20.3 Å². The number of carboxylic acid groups (broad SMARTS) is 1. The SMILES string of the molecule is COc1cc(C(=O)O)nc(OC(F)(F)F)c1CN. The molecule has 0 aromatic carbocycles. The van der Waals surface area contributed by atoms with Gasteiger partial charge in [0.05, 0.1) is 12.7 Å². The van der Waals surface area contributed by atoms with Crippen molar-refractivity contribution in [1.82, 2.24) is 4.98 Å². The van der Waals surface area contributed by atoms with Crippen LogP contribution in [0.15, 0.2) is 6.07 Å². The van der Waals surface area contributed by atoms with Gasteiger partial charge in [-0.2, -0.15) is 0 Å². The van der Waals surface area contributed by atoms with Crippen LogP contribution in [0.5, 0.6) is 11.6 Å². The van der Waals surface area contributed by atoms with E-state index < -0.39 is 23.9 Å². The number of carbonyl (C=O) groups is 1. The Morgan fingerprint density at radius 2 is 2.17 bits per heavy atom. The summed E-state index contributed by atoms with van der Waals surface area (Å²) in [7, 11) is 1.16. The summed E-state index contributed by atoms with van der Waals surface area (Å²) in [6, 6.07) is 0.966. The fourth-order valence-electron chi connectivity index (χ4n) is 1.20. The minimum atomic E-state index is -5.00. The van der Waals surface area contributed by atoms with Crippen molar-refractivity contribution < 1.29 is 32.5 Å². The Balaban J connectivity index is 3.35. The topological polar surface area (TPSA) is 94.7 Å². The molecule has 0 amide bonds. The van der Waals surface area contributed by atoms with Gasteiger partial charge in [0.1, 0.15) is 5.75 Å². The minimum Gasteiger partial charge on any atom is -0.496 e. The molecule has 0 saturated carbocycles. The van der Waals surface area contributed by atoms with E-state index in [2.05, 4.69) is 9.72 Å². The monoisotopic (exact) mass is 266 g/mol. The van der Waals surface area contributed by atoms with Gasteiger partial charge in [0.15, 0.2) is 5.69 Å². The Hall–Kier alpha value is -2.03. The van der Waals surface area contributed by atoms with E-state index >= 15 is 0 Å². The van der Waals surface area contributed by atoms with Crippen LogP contribution in [0.3, 0.4) is 0 Å². The standard InChI is InChI=1S/C9H9F3N2O4/c1-17-6-2-5(8(15)16)14-7(4(6)3-13)18-9(10,11)12/h2H,3,13H2,1H3,(H,15,16). The molecule has 6 nitrogen and oxygen atoms in total. The Kier molecular flexibility index (Phi) is 3.96. The van der Waals surface area contributed by atoms with E-state index in [4.69, 9.17) is 15.6 Å². The highest BCUT2D eigenvalue weighted by Crippen LogP contribution is 2.31. The van der Waals surface area contributed by atoms with Gasteiger partial charge >= 0.3 is 12.3 Å². The van der Waals surface area contributed by atoms with Gasteiger partial charge in [0.25, 0.3) is 0 Å². The zero-order valence-corrected chi connectivity index (χ0v) is 9.11. The molecule has 0 spiro atoms. The van der Waals surface area contributed by atoms with Crippen molar-refractivity contribution >= 4 is 5.97 Å². The Labute approximate surface area is 99.1 Å². The molecule has 3 N–H and O–H groups in total. The third-order valence-electron chi connectivity index (χ3n) is 1.90. The highest BCUT2D eigenvalue weighted by atomic mass is 19.4. The number of aromatic carboxylic acids is 1.